The van der Waals surface area contributed by atoms with Gasteiger partial charge in [0.15, 0.2) is 0 Å². The van der Waals surface area contributed by atoms with Gasteiger partial charge in [-0.15, -0.1) is 0 Å². The van der Waals surface area contributed by atoms with Crippen LogP contribution in [0.25, 0.3) is 0 Å². The summed E-state index contributed by atoms with van der Waals surface area (Å²) in [6.07, 6.45) is 3.71. The van der Waals surface area contributed by atoms with Gasteiger partial charge < -0.3 is 10.5 Å². The molecule has 12 heavy (non-hydrogen) atoms. The fraction of sp³-hybridized carbons (Fsp3) is 1.00. The minimum Gasteiger partial charge on any atom is -0.377 e. The van der Waals surface area contributed by atoms with Crippen molar-refractivity contribution < 1.29 is 4.74 Å². The van der Waals surface area contributed by atoms with E-state index in [2.05, 4.69) is 20.8 Å². The topological polar surface area (TPSA) is 35.2 Å². The Morgan fingerprint density at radius 2 is 2.17 bits per heavy atom. The Labute approximate surface area is 75.5 Å². The number of hydrogen-bond donors (Lipinski definition) is 1. The molecule has 0 spiro atoms. The van der Waals surface area contributed by atoms with Crippen LogP contribution >= 0.6 is 0 Å². The lowest BCUT2D eigenvalue weighted by molar-refractivity contribution is 0.0769. The molecule has 0 aromatic heterocycles. The monoisotopic (exact) mass is 171 g/mol. The van der Waals surface area contributed by atoms with Gasteiger partial charge in [-0.2, -0.15) is 0 Å². The summed E-state index contributed by atoms with van der Waals surface area (Å²) in [6.45, 7) is 7.58. The Bertz CT molecular complexity index is 133. The predicted molar refractivity (Wildman–Crippen MR) is 51.0 cm³/mol. The van der Waals surface area contributed by atoms with Crippen molar-refractivity contribution >= 4 is 0 Å². The number of ether oxygens (including phenoxy) is 1. The Morgan fingerprint density at radius 3 is 2.58 bits per heavy atom. The molecule has 0 bridgehead atoms. The van der Waals surface area contributed by atoms with Crippen LogP contribution < -0.4 is 5.73 Å². The molecule has 0 saturated carbocycles. The van der Waals surface area contributed by atoms with Gasteiger partial charge in [-0.1, -0.05) is 20.8 Å². The summed E-state index contributed by atoms with van der Waals surface area (Å²) in [6, 6.07) is 0.229. The van der Waals surface area contributed by atoms with Crippen LogP contribution in [0, 0.1) is 5.41 Å². The van der Waals surface area contributed by atoms with Crippen molar-refractivity contribution in [3.8, 4) is 0 Å². The van der Waals surface area contributed by atoms with Crippen molar-refractivity contribution in [3.63, 3.8) is 0 Å². The third-order valence-corrected chi connectivity index (χ3v) is 2.29. The van der Waals surface area contributed by atoms with Crippen LogP contribution in [0.3, 0.4) is 0 Å². The normalized spacial score (nSPS) is 27.5. The molecule has 0 aromatic carbocycles. The SMILES string of the molecule is CC(C)(C)CC(N)C1CCCO1. The predicted octanol–water partition coefficient (Wildman–Crippen LogP) is 1.93. The van der Waals surface area contributed by atoms with E-state index >= 15 is 0 Å². The lowest BCUT2D eigenvalue weighted by atomic mass is 9.86. The van der Waals surface area contributed by atoms with Crippen LogP contribution in [0.5, 0.6) is 0 Å². The first-order valence-electron chi connectivity index (χ1n) is 4.86. The summed E-state index contributed by atoms with van der Waals surface area (Å²) >= 11 is 0. The summed E-state index contributed by atoms with van der Waals surface area (Å²) in [5.74, 6) is 0. The third kappa shape index (κ3) is 3.11. The molecule has 2 heteroatoms. The highest BCUT2D eigenvalue weighted by molar-refractivity contribution is 4.81. The highest BCUT2D eigenvalue weighted by Gasteiger charge is 2.26. The molecule has 1 fully saturated rings. The second-order valence-corrected chi connectivity index (χ2v) is 4.98. The maximum atomic E-state index is 6.04. The number of hydrogen-bond acceptors (Lipinski definition) is 2. The lowest BCUT2D eigenvalue weighted by Crippen LogP contribution is -2.37. The van der Waals surface area contributed by atoms with E-state index in [1.54, 1.807) is 0 Å². The zero-order valence-electron chi connectivity index (χ0n) is 8.47. The van der Waals surface area contributed by atoms with Gasteiger partial charge in [0.05, 0.1) is 6.10 Å². The summed E-state index contributed by atoms with van der Waals surface area (Å²) in [7, 11) is 0. The minimum atomic E-state index is 0.229. The average molecular weight is 171 g/mol. The lowest BCUT2D eigenvalue weighted by Gasteiger charge is -2.26. The van der Waals surface area contributed by atoms with Gasteiger partial charge in [0, 0.05) is 12.6 Å². The Balaban J connectivity index is 2.31. The minimum absolute atomic E-state index is 0.229. The van der Waals surface area contributed by atoms with Crippen LogP contribution in [0.1, 0.15) is 40.0 Å². The molecule has 1 rings (SSSR count). The van der Waals surface area contributed by atoms with Crippen LogP contribution in [0.2, 0.25) is 0 Å². The van der Waals surface area contributed by atoms with Gasteiger partial charge in [-0.05, 0) is 24.7 Å². The summed E-state index contributed by atoms with van der Waals surface area (Å²) < 4.78 is 5.54. The van der Waals surface area contributed by atoms with Gasteiger partial charge in [-0.25, -0.2) is 0 Å². The average Bonchev–Trinajstić information content (AvgIpc) is 2.32. The Morgan fingerprint density at radius 1 is 1.50 bits per heavy atom. The molecule has 0 aliphatic carbocycles. The van der Waals surface area contributed by atoms with Crippen molar-refractivity contribution in [2.75, 3.05) is 6.61 Å². The first-order chi connectivity index (χ1) is 5.49. The highest BCUT2D eigenvalue weighted by Crippen LogP contribution is 2.25. The van der Waals surface area contributed by atoms with Crippen LogP contribution in [-0.2, 0) is 4.74 Å². The molecule has 0 amide bonds. The van der Waals surface area contributed by atoms with Gasteiger partial charge in [0.25, 0.3) is 0 Å². The zero-order chi connectivity index (χ0) is 9.19. The highest BCUT2D eigenvalue weighted by atomic mass is 16.5. The van der Waals surface area contributed by atoms with Gasteiger partial charge in [-0.3, -0.25) is 0 Å². The number of rotatable bonds is 2. The molecule has 2 atom stereocenters. The molecule has 2 unspecified atom stereocenters. The largest absolute Gasteiger partial charge is 0.377 e. The molecule has 72 valence electrons. The molecule has 1 heterocycles. The van der Waals surface area contributed by atoms with E-state index in [1.807, 2.05) is 0 Å². The molecule has 2 nitrogen and oxygen atoms in total. The first-order valence-corrected chi connectivity index (χ1v) is 4.86. The Kier molecular flexibility index (Phi) is 3.13. The van der Waals surface area contributed by atoms with Gasteiger partial charge in [0.1, 0.15) is 0 Å². The molecule has 2 N–H and O–H groups in total. The van der Waals surface area contributed by atoms with Crippen molar-refractivity contribution in [2.24, 2.45) is 11.1 Å². The molecular weight excluding hydrogens is 150 g/mol. The summed E-state index contributed by atoms with van der Waals surface area (Å²) in [4.78, 5) is 0. The summed E-state index contributed by atoms with van der Waals surface area (Å²) in [5.41, 5.74) is 6.36. The van der Waals surface area contributed by atoms with E-state index in [0.717, 1.165) is 19.4 Å². The van der Waals surface area contributed by atoms with Crippen molar-refractivity contribution in [1.29, 1.82) is 0 Å². The van der Waals surface area contributed by atoms with E-state index in [-0.39, 0.29) is 6.04 Å². The maximum Gasteiger partial charge on any atom is 0.0726 e. The zero-order valence-corrected chi connectivity index (χ0v) is 8.47. The fourth-order valence-corrected chi connectivity index (χ4v) is 1.78. The number of nitrogens with two attached hydrogens (primary N) is 1. The van der Waals surface area contributed by atoms with Crippen molar-refractivity contribution in [1.82, 2.24) is 0 Å². The molecular formula is C10H21NO. The Hall–Kier alpha value is -0.0800. The van der Waals surface area contributed by atoms with E-state index < -0.39 is 0 Å². The van der Waals surface area contributed by atoms with Gasteiger partial charge >= 0.3 is 0 Å². The smallest absolute Gasteiger partial charge is 0.0726 e. The first kappa shape index (κ1) is 10.0. The van der Waals surface area contributed by atoms with E-state index in [0.29, 0.717) is 11.5 Å². The van der Waals surface area contributed by atoms with E-state index in [4.69, 9.17) is 10.5 Å². The van der Waals surface area contributed by atoms with Crippen LogP contribution in [0.15, 0.2) is 0 Å². The van der Waals surface area contributed by atoms with Crippen LogP contribution in [-0.4, -0.2) is 18.8 Å². The second kappa shape index (κ2) is 3.75. The standard InChI is InChI=1S/C10H21NO/c1-10(2,3)7-8(11)9-5-4-6-12-9/h8-9H,4-7,11H2,1-3H3. The maximum absolute atomic E-state index is 6.04. The molecule has 0 radical (unpaired) electrons. The molecule has 1 saturated heterocycles. The third-order valence-electron chi connectivity index (χ3n) is 2.29. The van der Waals surface area contributed by atoms with Crippen molar-refractivity contribution in [2.45, 2.75) is 52.2 Å². The van der Waals surface area contributed by atoms with Gasteiger partial charge in [0.2, 0.25) is 0 Å². The molecule has 1 aliphatic rings. The quantitative estimate of drug-likeness (QED) is 0.689. The van der Waals surface area contributed by atoms with E-state index in [1.165, 1.54) is 6.42 Å². The summed E-state index contributed by atoms with van der Waals surface area (Å²) in [5, 5.41) is 0. The van der Waals surface area contributed by atoms with Crippen LogP contribution in [0.4, 0.5) is 0 Å². The molecule has 1 aliphatic heterocycles. The fourth-order valence-electron chi connectivity index (χ4n) is 1.78. The molecule has 0 aromatic rings. The van der Waals surface area contributed by atoms with E-state index in [9.17, 15) is 0 Å². The van der Waals surface area contributed by atoms with Crippen molar-refractivity contribution in [3.05, 3.63) is 0 Å². The second-order valence-electron chi connectivity index (χ2n) is 4.98.